The van der Waals surface area contributed by atoms with Crippen molar-refractivity contribution in [2.45, 2.75) is 43.8 Å². The Morgan fingerprint density at radius 2 is 2.00 bits per heavy atom. The quantitative estimate of drug-likeness (QED) is 0.497. The Morgan fingerprint density at radius 3 is 2.74 bits per heavy atom. The lowest BCUT2D eigenvalue weighted by atomic mass is 9.70. The molecule has 0 aliphatic carbocycles. The van der Waals surface area contributed by atoms with Crippen LogP contribution in [-0.4, -0.2) is 53.9 Å². The summed E-state index contributed by atoms with van der Waals surface area (Å²) < 4.78 is 25.7. The number of carbonyl (C=O) groups is 1. The van der Waals surface area contributed by atoms with Crippen LogP contribution in [0.5, 0.6) is 0 Å². The van der Waals surface area contributed by atoms with Crippen LogP contribution in [0.3, 0.4) is 0 Å². The Labute approximate surface area is 202 Å². The van der Waals surface area contributed by atoms with E-state index in [0.29, 0.717) is 25.9 Å². The van der Waals surface area contributed by atoms with Crippen LogP contribution < -0.4 is 15.8 Å². The largest absolute Gasteiger partial charge is 0.366 e. The highest BCUT2D eigenvalue weighted by atomic mass is 32.2. The summed E-state index contributed by atoms with van der Waals surface area (Å²) in [5.41, 5.74) is 2.57. The Morgan fingerprint density at radius 1 is 1.17 bits per heavy atom. The second-order valence-corrected chi connectivity index (χ2v) is 12.5. The second-order valence-electron chi connectivity index (χ2n) is 10.2. The fourth-order valence-corrected chi connectivity index (χ4v) is 8.34. The molecule has 5 atom stereocenters. The first-order valence-electron chi connectivity index (χ1n) is 11.9. The molecule has 10 nitrogen and oxygen atoms in total. The fraction of sp³-hybridized carbons (Fsp3) is 0.500. The molecule has 2 bridgehead atoms. The van der Waals surface area contributed by atoms with Crippen molar-refractivity contribution in [1.82, 2.24) is 9.88 Å². The molecule has 4 aliphatic heterocycles. The van der Waals surface area contributed by atoms with Gasteiger partial charge in [-0.15, -0.1) is 0 Å². The number of hydrogen-bond donors (Lipinski definition) is 1. The number of nitrogens with one attached hydrogen (secondary N) is 1. The predicted molar refractivity (Wildman–Crippen MR) is 128 cm³/mol. The number of amides is 1. The van der Waals surface area contributed by atoms with Gasteiger partial charge in [-0.25, -0.2) is 8.42 Å². The molecule has 4 aliphatic rings. The van der Waals surface area contributed by atoms with Gasteiger partial charge in [0.2, 0.25) is 5.91 Å². The molecule has 2 fully saturated rings. The molecule has 1 aromatic heterocycles. The molecule has 1 aromatic carbocycles. The lowest BCUT2D eigenvalue weighted by molar-refractivity contribution is -0.384. The van der Waals surface area contributed by atoms with Gasteiger partial charge in [-0.05, 0) is 42.9 Å². The zero-order valence-electron chi connectivity index (χ0n) is 19.0. The minimum Gasteiger partial charge on any atom is -0.366 e. The van der Waals surface area contributed by atoms with Gasteiger partial charge in [0.25, 0.3) is 11.2 Å². The van der Waals surface area contributed by atoms with Crippen molar-refractivity contribution in [3.8, 4) is 0 Å². The van der Waals surface area contributed by atoms with Gasteiger partial charge in [-0.3, -0.25) is 19.7 Å². The van der Waals surface area contributed by atoms with Crippen LogP contribution in [0.25, 0.3) is 0 Å². The number of sulfone groups is 1. The van der Waals surface area contributed by atoms with E-state index in [1.165, 1.54) is 6.07 Å². The van der Waals surface area contributed by atoms with Crippen LogP contribution in [0.4, 0.5) is 11.4 Å². The zero-order chi connectivity index (χ0) is 24.5. The van der Waals surface area contributed by atoms with Crippen LogP contribution in [0.15, 0.2) is 41.2 Å². The molecule has 184 valence electrons. The summed E-state index contributed by atoms with van der Waals surface area (Å²) in [7, 11) is -3.15. The number of aromatic nitrogens is 1. The molecule has 2 aromatic rings. The topological polar surface area (TPSA) is 132 Å². The van der Waals surface area contributed by atoms with E-state index in [9.17, 15) is 28.1 Å². The van der Waals surface area contributed by atoms with E-state index in [1.807, 2.05) is 10.6 Å². The van der Waals surface area contributed by atoms with Crippen LogP contribution in [0.1, 0.15) is 30.0 Å². The highest BCUT2D eigenvalue weighted by Gasteiger charge is 2.49. The standard InChI is InChI=1S/C24H26N4O6S/c29-22-3-1-2-20-15-8-16(12-26(20)22)23-19(24(30)25-17-6-7-35(33,34)13-17)10-14-9-18(28(31)32)4-5-21(14)27(23)11-15/h1-5,9,15-17,19,23H,6-8,10-13H2,(H,25,30)/t15?,16?,17?,19-,23+/m1/s1. The van der Waals surface area contributed by atoms with Crippen LogP contribution in [0, 0.1) is 22.0 Å². The molecule has 1 N–H and O–H groups in total. The normalized spacial score (nSPS) is 30.1. The molecule has 0 radical (unpaired) electrons. The zero-order valence-corrected chi connectivity index (χ0v) is 19.8. The minimum atomic E-state index is -3.15. The number of non-ortho nitro benzene ring substituents is 1. The molecule has 11 heteroatoms. The van der Waals surface area contributed by atoms with Gasteiger partial charge in [0, 0.05) is 60.7 Å². The third-order valence-corrected chi connectivity index (χ3v) is 9.89. The summed E-state index contributed by atoms with van der Waals surface area (Å²) in [6.07, 6.45) is 1.58. The van der Waals surface area contributed by atoms with Crippen LogP contribution in [-0.2, 0) is 27.6 Å². The molecular weight excluding hydrogens is 472 g/mol. The van der Waals surface area contributed by atoms with E-state index in [2.05, 4.69) is 10.2 Å². The van der Waals surface area contributed by atoms with Crippen LogP contribution in [0.2, 0.25) is 0 Å². The van der Waals surface area contributed by atoms with Gasteiger partial charge in [0.15, 0.2) is 9.84 Å². The van der Waals surface area contributed by atoms with E-state index < -0.39 is 26.7 Å². The Balaban J connectivity index is 1.39. The molecule has 0 spiro atoms. The summed E-state index contributed by atoms with van der Waals surface area (Å²) >= 11 is 0. The maximum Gasteiger partial charge on any atom is 0.269 e. The molecule has 3 unspecified atom stereocenters. The fourth-order valence-electron chi connectivity index (χ4n) is 6.67. The second kappa shape index (κ2) is 7.91. The number of hydrogen-bond acceptors (Lipinski definition) is 7. The lowest BCUT2D eigenvalue weighted by Crippen LogP contribution is -2.61. The van der Waals surface area contributed by atoms with Gasteiger partial charge in [-0.2, -0.15) is 0 Å². The number of piperidine rings is 1. The summed E-state index contributed by atoms with van der Waals surface area (Å²) in [4.78, 5) is 39.4. The first-order valence-corrected chi connectivity index (χ1v) is 13.8. The van der Waals surface area contributed by atoms with Gasteiger partial charge >= 0.3 is 0 Å². The Kier molecular flexibility index (Phi) is 5.03. The van der Waals surface area contributed by atoms with Crippen molar-refractivity contribution in [2.24, 2.45) is 11.8 Å². The van der Waals surface area contributed by atoms with Gasteiger partial charge < -0.3 is 14.8 Å². The molecule has 5 heterocycles. The van der Waals surface area contributed by atoms with E-state index in [0.717, 1.165) is 23.4 Å². The van der Waals surface area contributed by atoms with Crippen molar-refractivity contribution in [3.05, 3.63) is 68.1 Å². The van der Waals surface area contributed by atoms with Crippen molar-refractivity contribution >= 4 is 27.1 Å². The Bertz CT molecular complexity index is 1400. The Hall–Kier alpha value is -3.21. The van der Waals surface area contributed by atoms with Crippen molar-refractivity contribution in [2.75, 3.05) is 23.0 Å². The monoisotopic (exact) mass is 498 g/mol. The lowest BCUT2D eigenvalue weighted by Gasteiger charge is -2.54. The molecule has 1 amide bonds. The van der Waals surface area contributed by atoms with E-state index in [1.54, 1.807) is 24.3 Å². The number of benzene rings is 1. The molecule has 35 heavy (non-hydrogen) atoms. The number of fused-ring (bicyclic) bond motifs is 8. The summed E-state index contributed by atoms with van der Waals surface area (Å²) in [6, 6.07) is 9.54. The SMILES string of the molecule is O=C(NC1CCS(=O)(=O)C1)[C@@H]1Cc2cc([N+](=O)[O-])ccc2N2CC3CC(Cn4c3cccc4=O)[C@@H]12. The number of anilines is 1. The van der Waals surface area contributed by atoms with Crippen molar-refractivity contribution in [1.29, 1.82) is 0 Å². The highest BCUT2D eigenvalue weighted by molar-refractivity contribution is 7.91. The number of nitro groups is 1. The predicted octanol–water partition coefficient (Wildman–Crippen LogP) is 1.22. The van der Waals surface area contributed by atoms with Gasteiger partial charge in [0.05, 0.1) is 22.3 Å². The van der Waals surface area contributed by atoms with Crippen LogP contribution >= 0.6 is 0 Å². The van der Waals surface area contributed by atoms with E-state index >= 15 is 0 Å². The number of nitrogens with zero attached hydrogens (tertiary/aromatic N) is 3. The third-order valence-electron chi connectivity index (χ3n) is 8.12. The number of pyridine rings is 1. The maximum atomic E-state index is 13.6. The van der Waals surface area contributed by atoms with Gasteiger partial charge in [-0.1, -0.05) is 6.07 Å². The van der Waals surface area contributed by atoms with Crippen molar-refractivity contribution in [3.63, 3.8) is 0 Å². The minimum absolute atomic E-state index is 0.0163. The first kappa shape index (κ1) is 22.3. The molecular formula is C24H26N4O6S. The number of rotatable bonds is 3. The van der Waals surface area contributed by atoms with E-state index in [4.69, 9.17) is 0 Å². The maximum absolute atomic E-state index is 13.6. The molecule has 0 saturated carbocycles. The van der Waals surface area contributed by atoms with Crippen molar-refractivity contribution < 1.29 is 18.1 Å². The smallest absolute Gasteiger partial charge is 0.269 e. The highest BCUT2D eigenvalue weighted by Crippen LogP contribution is 2.47. The number of carbonyl (C=O) groups excluding carboxylic acids is 1. The first-order chi connectivity index (χ1) is 16.7. The average molecular weight is 499 g/mol. The summed E-state index contributed by atoms with van der Waals surface area (Å²) in [6.45, 7) is 1.12. The third kappa shape index (κ3) is 3.72. The summed E-state index contributed by atoms with van der Waals surface area (Å²) in [5.74, 6) is -0.548. The molecule has 2 saturated heterocycles. The number of nitro benzene ring substituents is 1. The van der Waals surface area contributed by atoms with Gasteiger partial charge in [0.1, 0.15) is 0 Å². The average Bonchev–Trinajstić information content (AvgIpc) is 3.16. The van der Waals surface area contributed by atoms with E-state index in [-0.39, 0.29) is 46.5 Å². The summed E-state index contributed by atoms with van der Waals surface area (Å²) in [5, 5.41) is 14.4. The molecule has 6 rings (SSSR count).